The van der Waals surface area contributed by atoms with Crippen molar-refractivity contribution < 1.29 is 9.84 Å². The third-order valence-corrected chi connectivity index (χ3v) is 6.95. The van der Waals surface area contributed by atoms with Gasteiger partial charge in [-0.15, -0.1) is 11.3 Å². The zero-order chi connectivity index (χ0) is 21.1. The number of hydrogen-bond acceptors (Lipinski definition) is 8. The number of amidine groups is 1. The summed E-state index contributed by atoms with van der Waals surface area (Å²) in [6, 6.07) is 8.49. The van der Waals surface area contributed by atoms with Crippen molar-refractivity contribution in [1.82, 2.24) is 14.8 Å². The molecule has 1 saturated heterocycles. The van der Waals surface area contributed by atoms with Crippen LogP contribution < -0.4 is 5.32 Å². The Labute approximate surface area is 182 Å². The van der Waals surface area contributed by atoms with E-state index in [0.29, 0.717) is 25.1 Å². The molecule has 0 saturated carbocycles. The highest BCUT2D eigenvalue weighted by molar-refractivity contribution is 7.16. The monoisotopic (exact) mass is 429 g/mol. The van der Waals surface area contributed by atoms with Gasteiger partial charge >= 0.3 is 0 Å². The Morgan fingerprint density at radius 2 is 2.13 bits per heavy atom. The highest BCUT2D eigenvalue weighted by atomic mass is 32.1. The summed E-state index contributed by atoms with van der Waals surface area (Å²) >= 11 is 1.72. The van der Waals surface area contributed by atoms with Gasteiger partial charge in [-0.3, -0.25) is 4.90 Å². The first-order valence-electron chi connectivity index (χ1n) is 10.6. The molecule has 162 valence electrons. The van der Waals surface area contributed by atoms with Crippen LogP contribution in [0.15, 0.2) is 29.3 Å². The van der Waals surface area contributed by atoms with Crippen LogP contribution in [0.2, 0.25) is 0 Å². The van der Waals surface area contributed by atoms with Crippen LogP contribution in [0.4, 0.5) is 16.4 Å². The Hall–Kier alpha value is -2.00. The lowest BCUT2D eigenvalue weighted by Gasteiger charge is -2.42. The van der Waals surface area contributed by atoms with E-state index < -0.39 is 0 Å². The molecule has 2 aliphatic heterocycles. The Morgan fingerprint density at radius 3 is 2.90 bits per heavy atom. The summed E-state index contributed by atoms with van der Waals surface area (Å²) in [5.74, 6) is 1.31. The standard InChI is InChI=1S/C22H31N5O2S/c1-15(2)21-25-19-20(23-17-6-4-5-7-18(17)24-22(19)30-21)27-10-9-26(11-12-28)16(14-27)8-13-29-3/h4-7,15-16,24,28H,8-14H2,1-3H3. The van der Waals surface area contributed by atoms with Crippen molar-refractivity contribution >= 4 is 33.5 Å². The Kier molecular flexibility index (Phi) is 6.67. The molecule has 0 bridgehead atoms. The number of aliphatic imine (C=N–C) groups is 1. The molecule has 0 radical (unpaired) electrons. The predicted molar refractivity (Wildman–Crippen MR) is 123 cm³/mol. The molecule has 2 aromatic rings. The fraction of sp³-hybridized carbons (Fsp3) is 0.545. The molecule has 1 aromatic carbocycles. The van der Waals surface area contributed by atoms with E-state index in [1.165, 1.54) is 0 Å². The second-order valence-corrected chi connectivity index (χ2v) is 9.13. The number of aliphatic hydroxyl groups excluding tert-OH is 1. The number of nitrogens with zero attached hydrogens (tertiary/aromatic N) is 4. The topological polar surface area (TPSA) is 73.2 Å². The molecule has 1 unspecified atom stereocenters. The molecule has 0 amide bonds. The predicted octanol–water partition coefficient (Wildman–Crippen LogP) is 3.42. The maximum absolute atomic E-state index is 9.48. The summed E-state index contributed by atoms with van der Waals surface area (Å²) in [4.78, 5) is 14.8. The van der Waals surface area contributed by atoms with Crippen molar-refractivity contribution in [2.45, 2.75) is 32.2 Å². The number of benzene rings is 1. The number of ether oxygens (including phenoxy) is 1. The van der Waals surface area contributed by atoms with Crippen LogP contribution in [-0.2, 0) is 4.74 Å². The molecule has 4 rings (SSSR count). The van der Waals surface area contributed by atoms with Crippen LogP contribution in [0.3, 0.4) is 0 Å². The number of fused-ring (bicyclic) bond motifs is 2. The van der Waals surface area contributed by atoms with Gasteiger partial charge in [-0.2, -0.15) is 0 Å². The van der Waals surface area contributed by atoms with Gasteiger partial charge in [0.2, 0.25) is 0 Å². The minimum Gasteiger partial charge on any atom is -0.395 e. The number of anilines is 2. The summed E-state index contributed by atoms with van der Waals surface area (Å²) in [6.45, 7) is 8.52. The van der Waals surface area contributed by atoms with E-state index in [1.807, 2.05) is 18.2 Å². The SMILES string of the molecule is COCCC1CN(C2=Nc3ccccc3Nc3sc(C(C)C)nc32)CCN1CCO. The van der Waals surface area contributed by atoms with Gasteiger partial charge < -0.3 is 20.1 Å². The lowest BCUT2D eigenvalue weighted by molar-refractivity contribution is 0.0664. The molecule has 7 nitrogen and oxygen atoms in total. The zero-order valence-corrected chi connectivity index (χ0v) is 18.8. The van der Waals surface area contributed by atoms with E-state index in [2.05, 4.69) is 35.0 Å². The minimum atomic E-state index is 0.176. The third-order valence-electron chi connectivity index (χ3n) is 5.67. The molecule has 2 aliphatic rings. The molecule has 30 heavy (non-hydrogen) atoms. The van der Waals surface area contributed by atoms with Gasteiger partial charge in [0.05, 0.1) is 23.0 Å². The second kappa shape index (κ2) is 9.43. The first kappa shape index (κ1) is 21.2. The minimum absolute atomic E-state index is 0.176. The highest BCUT2D eigenvalue weighted by Gasteiger charge is 2.32. The van der Waals surface area contributed by atoms with Crippen LogP contribution in [-0.4, -0.2) is 78.3 Å². The van der Waals surface area contributed by atoms with Crippen molar-refractivity contribution in [2.24, 2.45) is 4.99 Å². The van der Waals surface area contributed by atoms with Gasteiger partial charge in [-0.1, -0.05) is 26.0 Å². The average Bonchev–Trinajstić information content (AvgIpc) is 3.10. The molecule has 2 N–H and O–H groups in total. The van der Waals surface area contributed by atoms with Gasteiger partial charge in [-0.25, -0.2) is 9.98 Å². The van der Waals surface area contributed by atoms with Crippen LogP contribution in [0.25, 0.3) is 0 Å². The van der Waals surface area contributed by atoms with Crippen molar-refractivity contribution in [3.8, 4) is 0 Å². The lowest BCUT2D eigenvalue weighted by Crippen LogP contribution is -2.55. The number of aliphatic hydroxyl groups is 1. The molecular weight excluding hydrogens is 398 g/mol. The first-order chi connectivity index (χ1) is 14.6. The Bertz CT molecular complexity index is 897. The van der Waals surface area contributed by atoms with E-state index in [-0.39, 0.29) is 6.61 Å². The normalized spacial score (nSPS) is 19.2. The Morgan fingerprint density at radius 1 is 1.30 bits per heavy atom. The van der Waals surface area contributed by atoms with Crippen molar-refractivity contribution in [1.29, 1.82) is 0 Å². The number of nitrogens with one attached hydrogen (secondary N) is 1. The number of piperazine rings is 1. The summed E-state index contributed by atoms with van der Waals surface area (Å²) < 4.78 is 5.35. The molecule has 8 heteroatoms. The van der Waals surface area contributed by atoms with Gasteiger partial charge in [0.15, 0.2) is 5.84 Å². The maximum Gasteiger partial charge on any atom is 0.158 e. The number of β-amino-alcohol motifs (C(OH)–C–C–N with tert-alkyl or cyclic N) is 1. The number of hydrogen-bond donors (Lipinski definition) is 2. The van der Waals surface area contributed by atoms with E-state index in [4.69, 9.17) is 14.7 Å². The number of thiazole rings is 1. The van der Waals surface area contributed by atoms with Gasteiger partial charge in [0.25, 0.3) is 0 Å². The van der Waals surface area contributed by atoms with Crippen molar-refractivity contribution in [2.75, 3.05) is 51.8 Å². The zero-order valence-electron chi connectivity index (χ0n) is 18.0. The molecular formula is C22H31N5O2S. The Balaban J connectivity index is 1.70. The summed E-state index contributed by atoms with van der Waals surface area (Å²) in [7, 11) is 1.74. The smallest absolute Gasteiger partial charge is 0.158 e. The molecule has 1 atom stereocenters. The van der Waals surface area contributed by atoms with E-state index in [1.54, 1.807) is 18.4 Å². The van der Waals surface area contributed by atoms with E-state index in [0.717, 1.165) is 59.0 Å². The van der Waals surface area contributed by atoms with Crippen molar-refractivity contribution in [3.63, 3.8) is 0 Å². The van der Waals surface area contributed by atoms with Crippen LogP contribution >= 0.6 is 11.3 Å². The molecule has 0 aliphatic carbocycles. The first-order valence-corrected chi connectivity index (χ1v) is 11.5. The average molecular weight is 430 g/mol. The maximum atomic E-state index is 9.48. The van der Waals surface area contributed by atoms with Crippen LogP contribution in [0, 0.1) is 0 Å². The molecule has 0 spiro atoms. The van der Waals surface area contributed by atoms with Gasteiger partial charge in [-0.05, 0) is 18.6 Å². The summed E-state index contributed by atoms with van der Waals surface area (Å²) in [5.41, 5.74) is 2.90. The highest BCUT2D eigenvalue weighted by Crippen LogP contribution is 2.39. The molecule has 1 fully saturated rings. The van der Waals surface area contributed by atoms with Crippen LogP contribution in [0.5, 0.6) is 0 Å². The van der Waals surface area contributed by atoms with Crippen molar-refractivity contribution in [3.05, 3.63) is 35.0 Å². The van der Waals surface area contributed by atoms with Gasteiger partial charge in [0, 0.05) is 51.9 Å². The number of rotatable bonds is 6. The second-order valence-electron chi connectivity index (χ2n) is 8.10. The summed E-state index contributed by atoms with van der Waals surface area (Å²) in [5, 5.41) is 15.2. The van der Waals surface area contributed by atoms with E-state index in [9.17, 15) is 5.11 Å². The molecule has 1 aromatic heterocycles. The number of methoxy groups -OCH3 is 1. The van der Waals surface area contributed by atoms with Crippen LogP contribution in [0.1, 0.15) is 36.9 Å². The molecule has 3 heterocycles. The fourth-order valence-corrected chi connectivity index (χ4v) is 5.02. The number of aromatic nitrogens is 1. The summed E-state index contributed by atoms with van der Waals surface area (Å²) in [6.07, 6.45) is 0.927. The van der Waals surface area contributed by atoms with E-state index >= 15 is 0 Å². The number of para-hydroxylation sites is 2. The fourth-order valence-electron chi connectivity index (χ4n) is 4.04. The van der Waals surface area contributed by atoms with Gasteiger partial charge in [0.1, 0.15) is 10.7 Å². The third kappa shape index (κ3) is 4.37. The largest absolute Gasteiger partial charge is 0.395 e. The lowest BCUT2D eigenvalue weighted by atomic mass is 10.1. The quantitative estimate of drug-likeness (QED) is 0.733.